The van der Waals surface area contributed by atoms with Crippen LogP contribution in [0.15, 0.2) is 29.6 Å². The molecule has 0 radical (unpaired) electrons. The maximum atomic E-state index is 5.12. The first-order valence-corrected chi connectivity index (χ1v) is 5.61. The number of hydrogen-bond acceptors (Lipinski definition) is 3. The van der Waals surface area contributed by atoms with Crippen LogP contribution >= 0.6 is 11.3 Å². The summed E-state index contributed by atoms with van der Waals surface area (Å²) >= 11 is 1.78. The van der Waals surface area contributed by atoms with Crippen molar-refractivity contribution in [3.8, 4) is 0 Å². The summed E-state index contributed by atoms with van der Waals surface area (Å²) in [6, 6.07) is 9.16. The van der Waals surface area contributed by atoms with E-state index in [-0.39, 0.29) is 0 Å². The van der Waals surface area contributed by atoms with Gasteiger partial charge in [0, 0.05) is 10.4 Å². The van der Waals surface area contributed by atoms with E-state index < -0.39 is 0 Å². The van der Waals surface area contributed by atoms with Crippen LogP contribution in [0.25, 0.3) is 10.1 Å². The molecule has 2 heterocycles. The van der Waals surface area contributed by atoms with Gasteiger partial charge < -0.3 is 10.1 Å². The number of fused-ring (bicyclic) bond motifs is 1. The third kappa shape index (κ3) is 1.38. The van der Waals surface area contributed by atoms with Gasteiger partial charge in [0.05, 0.1) is 19.3 Å². The van der Waals surface area contributed by atoms with Crippen LogP contribution in [0, 0.1) is 0 Å². The number of hydrogen-bond donors (Lipinski definition) is 1. The molecule has 0 aliphatic carbocycles. The molecule has 2 nitrogen and oxygen atoms in total. The highest BCUT2D eigenvalue weighted by molar-refractivity contribution is 7.17. The van der Waals surface area contributed by atoms with Crippen molar-refractivity contribution in [3.63, 3.8) is 0 Å². The molecule has 0 atom stereocenters. The molecule has 72 valence electrons. The average molecular weight is 205 g/mol. The zero-order valence-electron chi connectivity index (χ0n) is 7.69. The molecule has 1 fully saturated rings. The fourth-order valence-corrected chi connectivity index (χ4v) is 2.38. The van der Waals surface area contributed by atoms with E-state index in [1.807, 2.05) is 0 Å². The third-order valence-electron chi connectivity index (χ3n) is 2.46. The molecule has 0 saturated carbocycles. The Bertz CT molecular complexity index is 447. The maximum Gasteiger partial charge on any atom is 0.0728 e. The maximum absolute atomic E-state index is 5.12. The second-order valence-corrected chi connectivity index (χ2v) is 4.50. The summed E-state index contributed by atoms with van der Waals surface area (Å²) in [4.78, 5) is 0. The molecule has 1 aromatic heterocycles. The highest BCUT2D eigenvalue weighted by Crippen LogP contribution is 2.24. The minimum atomic E-state index is 0.506. The largest absolute Gasteiger partial charge is 0.378 e. The second kappa shape index (κ2) is 3.26. The van der Waals surface area contributed by atoms with Crippen LogP contribution in [0.1, 0.15) is 0 Å². The molecule has 1 saturated heterocycles. The first-order chi connectivity index (χ1) is 6.92. The Morgan fingerprint density at radius 2 is 2.21 bits per heavy atom. The van der Waals surface area contributed by atoms with Crippen molar-refractivity contribution in [2.45, 2.75) is 6.04 Å². The molecule has 0 amide bonds. The molecule has 1 N–H and O–H groups in total. The van der Waals surface area contributed by atoms with E-state index in [9.17, 15) is 0 Å². The summed E-state index contributed by atoms with van der Waals surface area (Å²) in [5.41, 5.74) is 1.20. The van der Waals surface area contributed by atoms with E-state index >= 15 is 0 Å². The first-order valence-electron chi connectivity index (χ1n) is 4.73. The van der Waals surface area contributed by atoms with Crippen LogP contribution in [-0.2, 0) is 4.74 Å². The zero-order chi connectivity index (χ0) is 9.38. The summed E-state index contributed by atoms with van der Waals surface area (Å²) in [7, 11) is 0. The molecule has 14 heavy (non-hydrogen) atoms. The van der Waals surface area contributed by atoms with Gasteiger partial charge in [-0.3, -0.25) is 0 Å². The Labute approximate surface area is 86.5 Å². The lowest BCUT2D eigenvalue weighted by atomic mass is 10.2. The molecule has 0 unspecified atom stereocenters. The first kappa shape index (κ1) is 8.26. The molecule has 1 aliphatic rings. The fraction of sp³-hybridized carbons (Fsp3) is 0.273. The van der Waals surface area contributed by atoms with Crippen LogP contribution < -0.4 is 5.32 Å². The second-order valence-electron chi connectivity index (χ2n) is 3.55. The predicted molar refractivity (Wildman–Crippen MR) is 60.1 cm³/mol. The minimum absolute atomic E-state index is 0.506. The van der Waals surface area contributed by atoms with Crippen molar-refractivity contribution in [2.75, 3.05) is 18.5 Å². The van der Waals surface area contributed by atoms with Gasteiger partial charge in [-0.15, -0.1) is 11.3 Å². The van der Waals surface area contributed by atoms with Crippen molar-refractivity contribution in [1.82, 2.24) is 0 Å². The number of thiophene rings is 1. The smallest absolute Gasteiger partial charge is 0.0728 e. The van der Waals surface area contributed by atoms with Crippen LogP contribution in [0.2, 0.25) is 0 Å². The average Bonchev–Trinajstić information content (AvgIpc) is 2.58. The van der Waals surface area contributed by atoms with E-state index in [0.29, 0.717) is 6.04 Å². The lowest BCUT2D eigenvalue weighted by Gasteiger charge is -2.27. The van der Waals surface area contributed by atoms with Gasteiger partial charge in [0.2, 0.25) is 0 Å². The summed E-state index contributed by atoms with van der Waals surface area (Å²) in [6.07, 6.45) is 0. The van der Waals surface area contributed by atoms with Gasteiger partial charge in [-0.2, -0.15) is 0 Å². The topological polar surface area (TPSA) is 21.3 Å². The van der Waals surface area contributed by atoms with E-state index in [2.05, 4.69) is 35.0 Å². The van der Waals surface area contributed by atoms with Gasteiger partial charge in [0.15, 0.2) is 0 Å². The summed E-state index contributed by atoms with van der Waals surface area (Å²) in [5, 5.41) is 6.89. The molecular formula is C11H11NOS. The number of rotatable bonds is 2. The summed E-state index contributed by atoms with van der Waals surface area (Å²) < 4.78 is 6.47. The minimum Gasteiger partial charge on any atom is -0.378 e. The lowest BCUT2D eigenvalue weighted by Crippen LogP contribution is -2.40. The number of anilines is 1. The molecular weight excluding hydrogens is 194 g/mol. The van der Waals surface area contributed by atoms with Gasteiger partial charge in [-0.1, -0.05) is 0 Å². The molecule has 3 heteroatoms. The van der Waals surface area contributed by atoms with Crippen molar-refractivity contribution >= 4 is 27.1 Å². The van der Waals surface area contributed by atoms with Crippen molar-refractivity contribution in [2.24, 2.45) is 0 Å². The number of ether oxygens (including phenoxy) is 1. The van der Waals surface area contributed by atoms with E-state index in [1.54, 1.807) is 11.3 Å². The van der Waals surface area contributed by atoms with E-state index in [1.165, 1.54) is 15.8 Å². The van der Waals surface area contributed by atoms with Gasteiger partial charge in [0.1, 0.15) is 0 Å². The molecule has 1 aromatic carbocycles. The lowest BCUT2D eigenvalue weighted by molar-refractivity contribution is 0.0211. The van der Waals surface area contributed by atoms with Crippen LogP contribution in [0.5, 0.6) is 0 Å². The predicted octanol–water partition coefficient (Wildman–Crippen LogP) is 2.71. The van der Waals surface area contributed by atoms with Crippen LogP contribution in [-0.4, -0.2) is 19.3 Å². The fourth-order valence-electron chi connectivity index (χ4n) is 1.61. The zero-order valence-corrected chi connectivity index (χ0v) is 8.51. The Hall–Kier alpha value is -1.06. The third-order valence-corrected chi connectivity index (χ3v) is 3.36. The Balaban J connectivity index is 1.88. The van der Waals surface area contributed by atoms with Crippen molar-refractivity contribution in [3.05, 3.63) is 29.6 Å². The summed E-state index contributed by atoms with van der Waals surface area (Å²) in [5.74, 6) is 0. The molecule has 3 rings (SSSR count). The summed E-state index contributed by atoms with van der Waals surface area (Å²) in [6.45, 7) is 1.67. The normalized spacial score (nSPS) is 16.9. The SMILES string of the molecule is c1cc2cc(NC3COC3)ccc2s1. The van der Waals surface area contributed by atoms with Gasteiger partial charge >= 0.3 is 0 Å². The van der Waals surface area contributed by atoms with E-state index in [0.717, 1.165) is 13.2 Å². The van der Waals surface area contributed by atoms with E-state index in [4.69, 9.17) is 4.74 Å². The van der Waals surface area contributed by atoms with Gasteiger partial charge in [0.25, 0.3) is 0 Å². The monoisotopic (exact) mass is 205 g/mol. The highest BCUT2D eigenvalue weighted by Gasteiger charge is 2.17. The van der Waals surface area contributed by atoms with Gasteiger partial charge in [-0.05, 0) is 35.0 Å². The van der Waals surface area contributed by atoms with Crippen LogP contribution in [0.4, 0.5) is 5.69 Å². The number of benzene rings is 1. The van der Waals surface area contributed by atoms with Crippen molar-refractivity contribution < 1.29 is 4.74 Å². The van der Waals surface area contributed by atoms with Crippen molar-refractivity contribution in [1.29, 1.82) is 0 Å². The quantitative estimate of drug-likeness (QED) is 0.814. The highest BCUT2D eigenvalue weighted by atomic mass is 32.1. The molecule has 1 aliphatic heterocycles. The number of nitrogens with one attached hydrogen (secondary N) is 1. The Morgan fingerprint density at radius 1 is 1.29 bits per heavy atom. The van der Waals surface area contributed by atoms with Crippen LogP contribution in [0.3, 0.4) is 0 Å². The molecule has 2 aromatic rings. The molecule has 0 bridgehead atoms. The molecule has 0 spiro atoms. The Kier molecular flexibility index (Phi) is 1.92. The standard InChI is InChI=1S/C11H11NOS/c1-2-11-8(3-4-14-11)5-9(1)12-10-6-13-7-10/h1-5,10,12H,6-7H2. The Morgan fingerprint density at radius 3 is 3.00 bits per heavy atom. The van der Waals surface area contributed by atoms with Gasteiger partial charge in [-0.25, -0.2) is 0 Å².